The number of benzene rings is 1. The van der Waals surface area contributed by atoms with Crippen LogP contribution in [0.4, 0.5) is 5.69 Å². The molecule has 27 heavy (non-hydrogen) atoms. The van der Waals surface area contributed by atoms with Gasteiger partial charge in [-0.25, -0.2) is 0 Å². The molecule has 1 saturated carbocycles. The van der Waals surface area contributed by atoms with Gasteiger partial charge in [0.05, 0.1) is 12.0 Å². The second-order valence-electron chi connectivity index (χ2n) is 7.09. The van der Waals surface area contributed by atoms with Gasteiger partial charge in [-0.3, -0.25) is 9.48 Å². The fraction of sp³-hybridized carbons (Fsp3) is 0.333. The monoisotopic (exact) mass is 365 g/mol. The second-order valence-corrected chi connectivity index (χ2v) is 7.09. The summed E-state index contributed by atoms with van der Waals surface area (Å²) in [5, 5.41) is 17.9. The van der Waals surface area contributed by atoms with Crippen LogP contribution in [0.3, 0.4) is 0 Å². The fourth-order valence-electron chi connectivity index (χ4n) is 3.17. The van der Waals surface area contributed by atoms with Crippen LogP contribution in [0.25, 0.3) is 11.3 Å². The van der Waals surface area contributed by atoms with E-state index in [0.717, 1.165) is 12.1 Å². The Balaban J connectivity index is 1.66. The third kappa shape index (κ3) is 3.47. The molecule has 1 aliphatic rings. The van der Waals surface area contributed by atoms with Crippen molar-refractivity contribution in [2.45, 2.75) is 45.1 Å². The van der Waals surface area contributed by atoms with Gasteiger partial charge >= 0.3 is 0 Å². The number of nitrogens with zero attached hydrogens (tertiary/aromatic N) is 2. The maximum atomic E-state index is 12.2. The number of nitrogens with one attached hydrogen (secondary N) is 1. The zero-order valence-corrected chi connectivity index (χ0v) is 15.5. The number of phenolic OH excluding ortho intramolecular Hbond substituents is 1. The highest BCUT2D eigenvalue weighted by atomic mass is 16.3. The zero-order valence-electron chi connectivity index (χ0n) is 15.5. The molecular weight excluding hydrogens is 342 g/mol. The van der Waals surface area contributed by atoms with Crippen LogP contribution in [0, 0.1) is 0 Å². The van der Waals surface area contributed by atoms with Crippen LogP contribution in [0.2, 0.25) is 0 Å². The van der Waals surface area contributed by atoms with Crippen molar-refractivity contribution in [1.29, 1.82) is 0 Å². The van der Waals surface area contributed by atoms with Gasteiger partial charge in [0.15, 0.2) is 5.76 Å². The van der Waals surface area contributed by atoms with E-state index in [-0.39, 0.29) is 17.4 Å². The molecule has 1 unspecified atom stereocenters. The average Bonchev–Trinajstić information content (AvgIpc) is 3.19. The van der Waals surface area contributed by atoms with Crippen LogP contribution in [-0.2, 0) is 0 Å². The first kappa shape index (κ1) is 17.4. The predicted octanol–water partition coefficient (Wildman–Crippen LogP) is 4.95. The van der Waals surface area contributed by atoms with E-state index < -0.39 is 0 Å². The molecule has 1 aliphatic carbocycles. The van der Waals surface area contributed by atoms with Gasteiger partial charge < -0.3 is 14.8 Å². The molecule has 2 N–H and O–H groups in total. The van der Waals surface area contributed by atoms with E-state index in [9.17, 15) is 9.90 Å². The van der Waals surface area contributed by atoms with Crippen molar-refractivity contribution in [2.24, 2.45) is 0 Å². The lowest BCUT2D eigenvalue weighted by atomic mass is 10.1. The molecule has 140 valence electrons. The Morgan fingerprint density at radius 2 is 2.19 bits per heavy atom. The Morgan fingerprint density at radius 1 is 1.37 bits per heavy atom. The summed E-state index contributed by atoms with van der Waals surface area (Å²) >= 11 is 0. The van der Waals surface area contributed by atoms with Gasteiger partial charge in [-0.05, 0) is 62.6 Å². The molecule has 0 radical (unpaired) electrons. The zero-order chi connectivity index (χ0) is 19.0. The molecule has 2 aromatic heterocycles. The van der Waals surface area contributed by atoms with Crippen molar-refractivity contribution in [3.8, 4) is 17.0 Å². The molecule has 1 fully saturated rings. The topological polar surface area (TPSA) is 80.3 Å². The normalized spacial score (nSPS) is 14.9. The number of hydrogen-bond acceptors (Lipinski definition) is 4. The predicted molar refractivity (Wildman–Crippen MR) is 103 cm³/mol. The molecule has 2 heterocycles. The third-order valence-electron chi connectivity index (χ3n) is 5.04. The molecule has 0 bridgehead atoms. The maximum absolute atomic E-state index is 12.2. The van der Waals surface area contributed by atoms with Crippen molar-refractivity contribution >= 4 is 11.6 Å². The fourth-order valence-corrected chi connectivity index (χ4v) is 3.17. The smallest absolute Gasteiger partial charge is 0.291 e. The van der Waals surface area contributed by atoms with Crippen molar-refractivity contribution in [3.05, 3.63) is 54.1 Å². The molecule has 4 rings (SSSR count). The van der Waals surface area contributed by atoms with Gasteiger partial charge in [-0.1, -0.05) is 6.92 Å². The maximum Gasteiger partial charge on any atom is 0.291 e. The van der Waals surface area contributed by atoms with Gasteiger partial charge in [0.25, 0.3) is 5.91 Å². The number of anilines is 1. The van der Waals surface area contributed by atoms with Crippen molar-refractivity contribution in [2.75, 3.05) is 5.32 Å². The standard InChI is InChI=1S/C21H23N3O3/c1-3-13(2)24-18(14-6-7-14)12-17(23-24)16-11-15(8-9-19(16)25)22-21(26)20-5-4-10-27-20/h4-5,8-14,25H,3,6-7H2,1-2H3,(H,22,26). The van der Waals surface area contributed by atoms with Gasteiger partial charge in [0.2, 0.25) is 0 Å². The SMILES string of the molecule is CCC(C)n1nc(-c2cc(NC(=O)c3ccco3)ccc2O)cc1C1CC1. The minimum atomic E-state index is -0.333. The summed E-state index contributed by atoms with van der Waals surface area (Å²) in [6, 6.07) is 10.6. The largest absolute Gasteiger partial charge is 0.507 e. The van der Waals surface area contributed by atoms with Crippen molar-refractivity contribution < 1.29 is 14.3 Å². The number of furan rings is 1. The van der Waals surface area contributed by atoms with Crippen molar-refractivity contribution in [1.82, 2.24) is 9.78 Å². The Labute approximate surface area is 157 Å². The van der Waals surface area contributed by atoms with E-state index in [1.54, 1.807) is 30.3 Å². The highest BCUT2D eigenvalue weighted by molar-refractivity contribution is 6.02. The van der Waals surface area contributed by atoms with Crippen LogP contribution in [-0.4, -0.2) is 20.8 Å². The van der Waals surface area contributed by atoms with E-state index in [0.29, 0.717) is 23.2 Å². The number of aromatic nitrogens is 2. The first-order chi connectivity index (χ1) is 13.1. The summed E-state index contributed by atoms with van der Waals surface area (Å²) in [5.41, 5.74) is 3.14. The number of amides is 1. The highest BCUT2D eigenvalue weighted by Crippen LogP contribution is 2.43. The lowest BCUT2D eigenvalue weighted by Gasteiger charge is -2.13. The number of phenols is 1. The first-order valence-corrected chi connectivity index (χ1v) is 9.34. The van der Waals surface area contributed by atoms with E-state index in [2.05, 4.69) is 29.9 Å². The lowest BCUT2D eigenvalue weighted by Crippen LogP contribution is -2.10. The van der Waals surface area contributed by atoms with E-state index in [4.69, 9.17) is 9.52 Å². The van der Waals surface area contributed by atoms with E-state index in [1.165, 1.54) is 24.8 Å². The summed E-state index contributed by atoms with van der Waals surface area (Å²) < 4.78 is 7.20. The summed E-state index contributed by atoms with van der Waals surface area (Å²) in [6.07, 6.45) is 4.82. The Morgan fingerprint density at radius 3 is 2.85 bits per heavy atom. The molecular formula is C21H23N3O3. The van der Waals surface area contributed by atoms with Gasteiger partial charge in [0.1, 0.15) is 5.75 Å². The minimum absolute atomic E-state index is 0.141. The summed E-state index contributed by atoms with van der Waals surface area (Å²) in [6.45, 7) is 4.30. The summed E-state index contributed by atoms with van der Waals surface area (Å²) in [5.74, 6) is 0.605. The van der Waals surface area contributed by atoms with Crippen LogP contribution in [0.5, 0.6) is 5.75 Å². The summed E-state index contributed by atoms with van der Waals surface area (Å²) in [7, 11) is 0. The van der Waals surface area contributed by atoms with Gasteiger partial charge in [-0.15, -0.1) is 0 Å². The number of hydrogen-bond donors (Lipinski definition) is 2. The average molecular weight is 365 g/mol. The third-order valence-corrected chi connectivity index (χ3v) is 5.04. The van der Waals surface area contributed by atoms with Crippen LogP contribution < -0.4 is 5.32 Å². The number of aromatic hydroxyl groups is 1. The number of rotatable bonds is 6. The lowest BCUT2D eigenvalue weighted by molar-refractivity contribution is 0.0996. The Hall–Kier alpha value is -3.02. The molecule has 3 aromatic rings. The van der Waals surface area contributed by atoms with Crippen LogP contribution in [0.15, 0.2) is 47.1 Å². The van der Waals surface area contributed by atoms with Crippen LogP contribution >= 0.6 is 0 Å². The summed E-state index contributed by atoms with van der Waals surface area (Å²) in [4.78, 5) is 12.2. The first-order valence-electron chi connectivity index (χ1n) is 9.34. The second kappa shape index (κ2) is 6.95. The quantitative estimate of drug-likeness (QED) is 0.606. The Bertz CT molecular complexity index is 955. The molecule has 0 saturated heterocycles. The number of carbonyl (C=O) groups is 1. The van der Waals surface area contributed by atoms with Crippen LogP contribution in [0.1, 0.15) is 61.3 Å². The van der Waals surface area contributed by atoms with Crippen molar-refractivity contribution in [3.63, 3.8) is 0 Å². The molecule has 1 amide bonds. The molecule has 0 aliphatic heterocycles. The van der Waals surface area contributed by atoms with E-state index >= 15 is 0 Å². The highest BCUT2D eigenvalue weighted by Gasteiger charge is 2.29. The Kier molecular flexibility index (Phi) is 4.48. The van der Waals surface area contributed by atoms with Gasteiger partial charge in [-0.2, -0.15) is 5.10 Å². The molecule has 6 nitrogen and oxygen atoms in total. The molecule has 1 atom stereocenters. The molecule has 6 heteroatoms. The van der Waals surface area contributed by atoms with Gasteiger partial charge in [0, 0.05) is 28.9 Å². The molecule has 1 aromatic carbocycles. The molecule has 0 spiro atoms. The number of carbonyl (C=O) groups excluding carboxylic acids is 1. The minimum Gasteiger partial charge on any atom is -0.507 e. The van der Waals surface area contributed by atoms with E-state index in [1.807, 2.05) is 0 Å².